The molecule has 25 heavy (non-hydrogen) atoms. The maximum atomic E-state index is 13.8. The van der Waals surface area contributed by atoms with Crippen LogP contribution in [0.5, 0.6) is 5.75 Å². The van der Waals surface area contributed by atoms with E-state index >= 15 is 0 Å². The van der Waals surface area contributed by atoms with E-state index < -0.39 is 5.82 Å². The molecule has 3 rings (SSSR count). The Labute approximate surface area is 147 Å². The average molecular weight is 343 g/mol. The summed E-state index contributed by atoms with van der Waals surface area (Å²) in [7, 11) is 0. The molecule has 1 atom stereocenters. The predicted octanol–water partition coefficient (Wildman–Crippen LogP) is 3.36. The minimum absolute atomic E-state index is 0.00636. The first kappa shape index (κ1) is 17.4. The van der Waals surface area contributed by atoms with Crippen LogP contribution < -0.4 is 4.74 Å². The molecule has 4 nitrogen and oxygen atoms in total. The standard InChI is InChI=1S/C20H22FNO3/c1-14-7-8-18(21)19(11-14)25-13-16-12-22(9-10-24-16)20(23)17-6-4-3-5-15(17)2/h3-8,11,16H,9-10,12-13H2,1-2H3/t16-/m1/s1. The van der Waals surface area contributed by atoms with Crippen LogP contribution in [-0.2, 0) is 4.74 Å². The molecule has 1 aliphatic rings. The summed E-state index contributed by atoms with van der Waals surface area (Å²) in [6, 6.07) is 12.3. The predicted molar refractivity (Wildman–Crippen MR) is 93.5 cm³/mol. The molecule has 1 amide bonds. The van der Waals surface area contributed by atoms with Crippen molar-refractivity contribution in [3.05, 3.63) is 65.0 Å². The van der Waals surface area contributed by atoms with E-state index in [9.17, 15) is 9.18 Å². The van der Waals surface area contributed by atoms with E-state index in [0.717, 1.165) is 11.1 Å². The minimum Gasteiger partial charge on any atom is -0.488 e. The Kier molecular flexibility index (Phi) is 5.34. The number of amides is 1. The highest BCUT2D eigenvalue weighted by Crippen LogP contribution is 2.20. The fourth-order valence-electron chi connectivity index (χ4n) is 2.89. The lowest BCUT2D eigenvalue weighted by Gasteiger charge is -2.33. The summed E-state index contributed by atoms with van der Waals surface area (Å²) in [5.41, 5.74) is 2.58. The van der Waals surface area contributed by atoms with Gasteiger partial charge in [-0.2, -0.15) is 0 Å². The summed E-state index contributed by atoms with van der Waals surface area (Å²) >= 11 is 0. The molecular formula is C20H22FNO3. The zero-order chi connectivity index (χ0) is 17.8. The largest absolute Gasteiger partial charge is 0.488 e. The van der Waals surface area contributed by atoms with E-state index in [1.807, 2.05) is 38.1 Å². The Balaban J connectivity index is 1.62. The van der Waals surface area contributed by atoms with Gasteiger partial charge in [0.15, 0.2) is 11.6 Å². The van der Waals surface area contributed by atoms with Crippen molar-refractivity contribution in [1.82, 2.24) is 4.90 Å². The van der Waals surface area contributed by atoms with Gasteiger partial charge in [-0.25, -0.2) is 4.39 Å². The van der Waals surface area contributed by atoms with Gasteiger partial charge in [-0.1, -0.05) is 24.3 Å². The topological polar surface area (TPSA) is 38.8 Å². The van der Waals surface area contributed by atoms with Gasteiger partial charge >= 0.3 is 0 Å². The van der Waals surface area contributed by atoms with E-state index in [1.54, 1.807) is 17.0 Å². The van der Waals surface area contributed by atoms with Crippen LogP contribution in [0, 0.1) is 19.7 Å². The van der Waals surface area contributed by atoms with Crippen molar-refractivity contribution in [2.45, 2.75) is 20.0 Å². The number of halogens is 1. The number of aryl methyl sites for hydroxylation is 2. The smallest absolute Gasteiger partial charge is 0.254 e. The molecule has 1 aliphatic heterocycles. The first-order chi connectivity index (χ1) is 12.0. The maximum Gasteiger partial charge on any atom is 0.254 e. The van der Waals surface area contributed by atoms with Gasteiger partial charge < -0.3 is 14.4 Å². The van der Waals surface area contributed by atoms with Gasteiger partial charge in [0.05, 0.1) is 13.2 Å². The molecule has 0 spiro atoms. The van der Waals surface area contributed by atoms with Gasteiger partial charge in [0.25, 0.3) is 5.91 Å². The third kappa shape index (κ3) is 4.17. The Morgan fingerprint density at radius 3 is 2.88 bits per heavy atom. The summed E-state index contributed by atoms with van der Waals surface area (Å²) < 4.78 is 25.0. The number of nitrogens with zero attached hydrogens (tertiary/aromatic N) is 1. The van der Waals surface area contributed by atoms with E-state index in [4.69, 9.17) is 9.47 Å². The molecular weight excluding hydrogens is 321 g/mol. The quantitative estimate of drug-likeness (QED) is 0.854. The monoisotopic (exact) mass is 343 g/mol. The van der Waals surface area contributed by atoms with Crippen LogP contribution in [0.3, 0.4) is 0 Å². The molecule has 0 aromatic heterocycles. The summed E-state index contributed by atoms with van der Waals surface area (Å²) in [4.78, 5) is 14.5. The van der Waals surface area contributed by atoms with Crippen molar-refractivity contribution in [2.75, 3.05) is 26.3 Å². The molecule has 0 N–H and O–H groups in total. The SMILES string of the molecule is Cc1ccc(F)c(OC[C@H]2CN(C(=O)c3ccccc3C)CCO2)c1. The molecule has 132 valence electrons. The highest BCUT2D eigenvalue weighted by Gasteiger charge is 2.26. The Hall–Kier alpha value is -2.40. The third-order valence-corrected chi connectivity index (χ3v) is 4.31. The van der Waals surface area contributed by atoms with Gasteiger partial charge in [0, 0.05) is 12.1 Å². The number of benzene rings is 2. The van der Waals surface area contributed by atoms with Crippen molar-refractivity contribution in [3.63, 3.8) is 0 Å². The number of hydrogen-bond acceptors (Lipinski definition) is 3. The second kappa shape index (κ2) is 7.66. The van der Waals surface area contributed by atoms with E-state index in [1.165, 1.54) is 6.07 Å². The fourth-order valence-corrected chi connectivity index (χ4v) is 2.89. The first-order valence-corrected chi connectivity index (χ1v) is 8.40. The highest BCUT2D eigenvalue weighted by molar-refractivity contribution is 5.95. The van der Waals surface area contributed by atoms with Crippen LogP contribution in [0.15, 0.2) is 42.5 Å². The molecule has 0 radical (unpaired) electrons. The molecule has 0 bridgehead atoms. The summed E-state index contributed by atoms with van der Waals surface area (Å²) in [5.74, 6) is -0.187. The van der Waals surface area contributed by atoms with E-state index in [0.29, 0.717) is 25.3 Å². The lowest BCUT2D eigenvalue weighted by Crippen LogP contribution is -2.47. The van der Waals surface area contributed by atoms with Gasteiger partial charge in [-0.05, 0) is 43.2 Å². The lowest BCUT2D eigenvalue weighted by atomic mass is 10.1. The highest BCUT2D eigenvalue weighted by atomic mass is 19.1. The second-order valence-corrected chi connectivity index (χ2v) is 6.30. The number of morpholine rings is 1. The van der Waals surface area contributed by atoms with Crippen LogP contribution in [0.4, 0.5) is 4.39 Å². The summed E-state index contributed by atoms with van der Waals surface area (Å²) in [6.07, 6.45) is -0.276. The Morgan fingerprint density at radius 2 is 2.08 bits per heavy atom. The number of carbonyl (C=O) groups excluding carboxylic acids is 1. The van der Waals surface area contributed by atoms with Gasteiger partial charge in [0.1, 0.15) is 12.7 Å². The Morgan fingerprint density at radius 1 is 1.28 bits per heavy atom. The van der Waals surface area contributed by atoms with Crippen LogP contribution >= 0.6 is 0 Å². The van der Waals surface area contributed by atoms with E-state index in [2.05, 4.69) is 0 Å². The van der Waals surface area contributed by atoms with Crippen molar-refractivity contribution < 1.29 is 18.7 Å². The van der Waals surface area contributed by atoms with Crippen molar-refractivity contribution in [1.29, 1.82) is 0 Å². The molecule has 2 aromatic rings. The number of rotatable bonds is 4. The molecule has 0 saturated carbocycles. The van der Waals surface area contributed by atoms with Crippen molar-refractivity contribution in [3.8, 4) is 5.75 Å². The van der Waals surface area contributed by atoms with E-state index in [-0.39, 0.29) is 24.4 Å². The van der Waals surface area contributed by atoms with Crippen LogP contribution in [0.1, 0.15) is 21.5 Å². The normalized spacial score (nSPS) is 17.4. The molecule has 1 heterocycles. The van der Waals surface area contributed by atoms with Crippen molar-refractivity contribution >= 4 is 5.91 Å². The first-order valence-electron chi connectivity index (χ1n) is 8.40. The van der Waals surface area contributed by atoms with Crippen LogP contribution in [0.2, 0.25) is 0 Å². The fraction of sp³-hybridized carbons (Fsp3) is 0.350. The summed E-state index contributed by atoms with van der Waals surface area (Å²) in [6.45, 7) is 5.43. The zero-order valence-corrected chi connectivity index (χ0v) is 14.5. The number of hydrogen-bond donors (Lipinski definition) is 0. The maximum absolute atomic E-state index is 13.8. The van der Waals surface area contributed by atoms with Crippen molar-refractivity contribution in [2.24, 2.45) is 0 Å². The lowest BCUT2D eigenvalue weighted by molar-refractivity contribution is -0.0406. The Bertz CT molecular complexity index is 762. The molecule has 2 aromatic carbocycles. The molecule has 1 saturated heterocycles. The summed E-state index contributed by atoms with van der Waals surface area (Å²) in [5, 5.41) is 0. The minimum atomic E-state index is -0.394. The van der Waals surface area contributed by atoms with Gasteiger partial charge in [-0.15, -0.1) is 0 Å². The number of carbonyl (C=O) groups is 1. The number of ether oxygens (including phenoxy) is 2. The van der Waals surface area contributed by atoms with Crippen LogP contribution in [0.25, 0.3) is 0 Å². The molecule has 1 fully saturated rings. The third-order valence-electron chi connectivity index (χ3n) is 4.31. The van der Waals surface area contributed by atoms with Crippen LogP contribution in [-0.4, -0.2) is 43.2 Å². The second-order valence-electron chi connectivity index (χ2n) is 6.30. The molecule has 5 heteroatoms. The van der Waals surface area contributed by atoms with Gasteiger partial charge in [0.2, 0.25) is 0 Å². The molecule has 0 unspecified atom stereocenters. The average Bonchev–Trinajstić information content (AvgIpc) is 2.62. The zero-order valence-electron chi connectivity index (χ0n) is 14.5. The molecule has 0 aliphatic carbocycles. The van der Waals surface area contributed by atoms with Gasteiger partial charge in [-0.3, -0.25) is 4.79 Å².